The van der Waals surface area contributed by atoms with Gasteiger partial charge in [-0.1, -0.05) is 12.1 Å². The summed E-state index contributed by atoms with van der Waals surface area (Å²) in [7, 11) is 3.66. The molecule has 0 saturated heterocycles. The first-order chi connectivity index (χ1) is 15.4. The van der Waals surface area contributed by atoms with Crippen LogP contribution in [0.2, 0.25) is 0 Å². The minimum absolute atomic E-state index is 0.00162. The van der Waals surface area contributed by atoms with Gasteiger partial charge in [0.2, 0.25) is 5.95 Å². The molecule has 4 rings (SSSR count). The second-order valence-corrected chi connectivity index (χ2v) is 7.69. The molecule has 0 saturated carbocycles. The van der Waals surface area contributed by atoms with Gasteiger partial charge in [0.1, 0.15) is 11.6 Å². The maximum absolute atomic E-state index is 14.3. The second-order valence-electron chi connectivity index (χ2n) is 7.69. The van der Waals surface area contributed by atoms with Crippen molar-refractivity contribution in [3.63, 3.8) is 0 Å². The lowest BCUT2D eigenvalue weighted by Crippen LogP contribution is -2.26. The zero-order chi connectivity index (χ0) is 22.8. The Morgan fingerprint density at radius 1 is 1.22 bits per heavy atom. The normalized spacial score (nSPS) is 13.4. The molecule has 1 aliphatic rings. The molecule has 0 atom stereocenters. The van der Waals surface area contributed by atoms with Gasteiger partial charge in [0, 0.05) is 13.1 Å². The molecular formula is C22H24FN7O2. The maximum Gasteiger partial charge on any atom is 0.273 e. The van der Waals surface area contributed by atoms with Crippen LogP contribution in [-0.4, -0.2) is 46.7 Å². The summed E-state index contributed by atoms with van der Waals surface area (Å²) in [5, 5.41) is 13.8. The molecule has 10 heteroatoms. The number of methoxy groups -OCH3 is 1. The van der Waals surface area contributed by atoms with Gasteiger partial charge in [-0.3, -0.25) is 4.79 Å². The smallest absolute Gasteiger partial charge is 0.273 e. The summed E-state index contributed by atoms with van der Waals surface area (Å²) in [4.78, 5) is 18.4. The maximum atomic E-state index is 14.3. The number of carbonyl (C=O) groups excluding carboxylic acids is 1. The number of nitrogens with one attached hydrogen (secondary N) is 2. The Morgan fingerprint density at radius 2 is 2.03 bits per heavy atom. The molecule has 2 aromatic carbocycles. The number of hydrogen-bond acceptors (Lipinski definition) is 8. The highest BCUT2D eigenvalue weighted by Crippen LogP contribution is 2.33. The van der Waals surface area contributed by atoms with E-state index < -0.39 is 11.7 Å². The fraction of sp³-hybridized carbons (Fsp3) is 0.273. The van der Waals surface area contributed by atoms with Gasteiger partial charge in [0.05, 0.1) is 18.5 Å². The largest absolute Gasteiger partial charge is 0.495 e. The Hall–Kier alpha value is -3.79. The molecule has 4 N–H and O–H groups in total. The molecule has 1 aromatic heterocycles. The summed E-state index contributed by atoms with van der Waals surface area (Å²) in [5.74, 6) is -0.584. The average Bonchev–Trinajstić information content (AvgIpc) is 2.76. The Kier molecular flexibility index (Phi) is 5.87. The SMILES string of the molecule is COc1cc2c(cc1Nc1nnc(C(N)=O)c(Nc3c(C)cccc3F)n1)CCN(C)C2. The molecule has 0 spiro atoms. The Bertz CT molecular complexity index is 1160. The lowest BCUT2D eigenvalue weighted by molar-refractivity contribution is 0.0995. The van der Waals surface area contributed by atoms with Crippen LogP contribution in [0, 0.1) is 12.7 Å². The number of rotatable bonds is 6. The van der Waals surface area contributed by atoms with Crippen LogP contribution in [0.5, 0.6) is 5.75 Å². The highest BCUT2D eigenvalue weighted by Gasteiger charge is 2.20. The van der Waals surface area contributed by atoms with Crippen molar-refractivity contribution >= 4 is 29.0 Å². The summed E-state index contributed by atoms with van der Waals surface area (Å²) < 4.78 is 19.9. The van der Waals surface area contributed by atoms with Gasteiger partial charge in [-0.2, -0.15) is 4.98 Å². The van der Waals surface area contributed by atoms with Crippen molar-refractivity contribution in [1.82, 2.24) is 20.1 Å². The van der Waals surface area contributed by atoms with Crippen LogP contribution in [0.1, 0.15) is 27.2 Å². The molecule has 1 amide bonds. The zero-order valence-electron chi connectivity index (χ0n) is 18.1. The molecule has 1 aliphatic heterocycles. The molecule has 2 heterocycles. The predicted octanol–water partition coefficient (Wildman–Crippen LogP) is 2.90. The molecule has 9 nitrogen and oxygen atoms in total. The Labute approximate surface area is 184 Å². The Balaban J connectivity index is 1.70. The number of aromatic nitrogens is 3. The lowest BCUT2D eigenvalue weighted by Gasteiger charge is -2.26. The minimum atomic E-state index is -0.830. The summed E-state index contributed by atoms with van der Waals surface area (Å²) in [5.41, 5.74) is 9.10. The monoisotopic (exact) mass is 437 g/mol. The van der Waals surface area contributed by atoms with Crippen molar-refractivity contribution in [1.29, 1.82) is 0 Å². The molecule has 0 aliphatic carbocycles. The van der Waals surface area contributed by atoms with Crippen LogP contribution in [0.4, 0.5) is 27.5 Å². The first-order valence-electron chi connectivity index (χ1n) is 10.1. The van der Waals surface area contributed by atoms with Crippen LogP contribution >= 0.6 is 0 Å². The lowest BCUT2D eigenvalue weighted by atomic mass is 9.99. The number of anilines is 4. The standard InChI is InChI=1S/C22H24FN7O2/c1-12-5-4-6-15(23)18(12)26-21-19(20(24)31)28-29-22(27-21)25-16-9-13-7-8-30(2)11-14(13)10-17(16)32-3/h4-6,9-10H,7-8,11H2,1-3H3,(H2,24,31)(H2,25,26,27,29). The van der Waals surface area contributed by atoms with E-state index in [1.807, 2.05) is 12.1 Å². The third-order valence-corrected chi connectivity index (χ3v) is 5.36. The zero-order valence-corrected chi connectivity index (χ0v) is 18.1. The molecule has 0 fully saturated rings. The number of nitrogens with two attached hydrogens (primary N) is 1. The number of ether oxygens (including phenoxy) is 1. The molecule has 0 bridgehead atoms. The molecule has 3 aromatic rings. The van der Waals surface area contributed by atoms with Gasteiger partial charge in [0.25, 0.3) is 5.91 Å². The topological polar surface area (TPSA) is 118 Å². The van der Waals surface area contributed by atoms with Crippen molar-refractivity contribution in [2.24, 2.45) is 5.73 Å². The molecule has 0 radical (unpaired) electrons. The number of nitrogens with zero attached hydrogens (tertiary/aromatic N) is 4. The van der Waals surface area contributed by atoms with Crippen LogP contribution in [0.25, 0.3) is 0 Å². The van der Waals surface area contributed by atoms with E-state index in [0.29, 0.717) is 17.0 Å². The highest BCUT2D eigenvalue weighted by atomic mass is 19.1. The van der Waals surface area contributed by atoms with Crippen molar-refractivity contribution < 1.29 is 13.9 Å². The van der Waals surface area contributed by atoms with E-state index in [0.717, 1.165) is 19.5 Å². The first kappa shape index (κ1) is 21.4. The van der Waals surface area contributed by atoms with E-state index in [-0.39, 0.29) is 23.1 Å². The van der Waals surface area contributed by atoms with Crippen LogP contribution < -0.4 is 21.1 Å². The number of amides is 1. The number of hydrogen-bond donors (Lipinski definition) is 3. The van der Waals surface area contributed by atoms with E-state index >= 15 is 0 Å². The number of halogens is 1. The fourth-order valence-corrected chi connectivity index (χ4v) is 3.66. The number of likely N-dealkylation sites (N-methyl/N-ethyl adjacent to an activating group) is 1. The number of carbonyl (C=O) groups is 1. The van der Waals surface area contributed by atoms with Gasteiger partial charge >= 0.3 is 0 Å². The van der Waals surface area contributed by atoms with Crippen LogP contribution in [0.3, 0.4) is 0 Å². The fourth-order valence-electron chi connectivity index (χ4n) is 3.66. The van der Waals surface area contributed by atoms with E-state index in [4.69, 9.17) is 10.5 Å². The van der Waals surface area contributed by atoms with Crippen molar-refractivity contribution in [3.05, 3.63) is 58.5 Å². The van der Waals surface area contributed by atoms with E-state index in [1.54, 1.807) is 26.2 Å². The van der Waals surface area contributed by atoms with E-state index in [2.05, 4.69) is 37.8 Å². The summed E-state index contributed by atoms with van der Waals surface area (Å²) in [6.45, 7) is 3.53. The van der Waals surface area contributed by atoms with Crippen LogP contribution in [0.15, 0.2) is 30.3 Å². The van der Waals surface area contributed by atoms with Gasteiger partial charge in [-0.05, 0) is 55.3 Å². The average molecular weight is 437 g/mol. The minimum Gasteiger partial charge on any atom is -0.495 e. The number of benzene rings is 2. The third kappa shape index (κ3) is 4.30. The predicted molar refractivity (Wildman–Crippen MR) is 119 cm³/mol. The molecule has 166 valence electrons. The van der Waals surface area contributed by atoms with Gasteiger partial charge in [-0.15, -0.1) is 10.2 Å². The Morgan fingerprint density at radius 3 is 2.75 bits per heavy atom. The van der Waals surface area contributed by atoms with Crippen molar-refractivity contribution in [2.45, 2.75) is 19.9 Å². The first-order valence-corrected chi connectivity index (χ1v) is 10.1. The molecule has 32 heavy (non-hydrogen) atoms. The van der Waals surface area contributed by atoms with E-state index in [1.165, 1.54) is 17.2 Å². The summed E-state index contributed by atoms with van der Waals surface area (Å²) in [6, 6.07) is 8.62. The highest BCUT2D eigenvalue weighted by molar-refractivity contribution is 5.96. The number of para-hydroxylation sites is 1. The second kappa shape index (κ2) is 8.75. The third-order valence-electron chi connectivity index (χ3n) is 5.36. The number of primary amides is 1. The quantitative estimate of drug-likeness (QED) is 0.539. The van der Waals surface area contributed by atoms with Crippen molar-refractivity contribution in [3.8, 4) is 5.75 Å². The summed E-state index contributed by atoms with van der Waals surface area (Å²) >= 11 is 0. The van der Waals surface area contributed by atoms with Gasteiger partial charge in [0.15, 0.2) is 11.5 Å². The van der Waals surface area contributed by atoms with E-state index in [9.17, 15) is 9.18 Å². The number of aryl methyl sites for hydroxylation is 1. The summed E-state index contributed by atoms with van der Waals surface area (Å²) in [6.07, 6.45) is 0.906. The van der Waals surface area contributed by atoms with Gasteiger partial charge < -0.3 is 26.0 Å². The van der Waals surface area contributed by atoms with Crippen LogP contribution in [-0.2, 0) is 13.0 Å². The molecular weight excluding hydrogens is 413 g/mol. The van der Waals surface area contributed by atoms with Gasteiger partial charge in [-0.25, -0.2) is 4.39 Å². The van der Waals surface area contributed by atoms with Crippen molar-refractivity contribution in [2.75, 3.05) is 31.3 Å². The molecule has 0 unspecified atom stereocenters. The number of fused-ring (bicyclic) bond motifs is 1.